The van der Waals surface area contributed by atoms with E-state index in [2.05, 4.69) is 13.8 Å². The number of phenolic OH excluding ortho intramolecular Hbond substituents is 1. The van der Waals surface area contributed by atoms with Gasteiger partial charge in [0.15, 0.2) is 0 Å². The number of aromatic hydroxyl groups is 1. The van der Waals surface area contributed by atoms with E-state index in [-0.39, 0.29) is 11.9 Å². The Morgan fingerprint density at radius 3 is 1.02 bits per heavy atom. The molecule has 0 aromatic heterocycles. The highest BCUT2D eigenvalue weighted by molar-refractivity contribution is 7.53. The third kappa shape index (κ3) is 26.6. The van der Waals surface area contributed by atoms with E-state index in [1.54, 1.807) is 0 Å². The van der Waals surface area contributed by atoms with Gasteiger partial charge in [0, 0.05) is 0 Å². The Labute approximate surface area is 319 Å². The Balaban J connectivity index is 2.25. The molecule has 1 aromatic carbocycles. The van der Waals surface area contributed by atoms with Crippen molar-refractivity contribution in [3.05, 3.63) is 28.3 Å². The van der Waals surface area contributed by atoms with Gasteiger partial charge < -0.3 is 14.2 Å². The third-order valence-corrected chi connectivity index (χ3v) is 12.9. The van der Waals surface area contributed by atoms with Crippen LogP contribution in [0.15, 0.2) is 6.07 Å². The molecule has 0 unspecified atom stereocenters. The Morgan fingerprint density at radius 1 is 0.451 bits per heavy atom. The number of hydrogen-bond acceptors (Lipinski definition) is 4. The maximum atomic E-state index is 14.1. The van der Waals surface area contributed by atoms with E-state index >= 15 is 0 Å². The second-order valence-corrected chi connectivity index (χ2v) is 18.1. The first-order valence-electron chi connectivity index (χ1n) is 22.5. The molecule has 0 radical (unpaired) electrons. The molecule has 0 spiro atoms. The zero-order chi connectivity index (χ0) is 37.3. The van der Waals surface area contributed by atoms with Gasteiger partial charge in [-0.3, -0.25) is 4.57 Å². The van der Waals surface area contributed by atoms with E-state index in [4.69, 9.17) is 9.05 Å². The minimum atomic E-state index is -3.32. The summed E-state index contributed by atoms with van der Waals surface area (Å²) in [6.45, 7) is 11.4. The van der Waals surface area contributed by atoms with Crippen molar-refractivity contribution in [3.63, 3.8) is 0 Å². The Hall–Kier alpha value is -0.830. The lowest BCUT2D eigenvalue weighted by Gasteiger charge is -2.22. The van der Waals surface area contributed by atoms with E-state index < -0.39 is 7.60 Å². The fraction of sp³-hybridized carbons (Fsp3) is 0.870. The summed E-state index contributed by atoms with van der Waals surface area (Å²) in [5.41, 5.74) is 3.59. The SMILES string of the molecule is CCCCCCCCCCCCCCCCCCOP(=O)(Cc1c(C)cc(C)c(O)c1C)OCCCCCCCCCCCCCCCCCC. The van der Waals surface area contributed by atoms with Gasteiger partial charge in [-0.25, -0.2) is 0 Å². The second-order valence-electron chi connectivity index (χ2n) is 16.0. The van der Waals surface area contributed by atoms with Gasteiger partial charge >= 0.3 is 7.60 Å². The standard InChI is InChI=1S/C46H87O4P/c1-6-8-10-12-14-16-18-20-22-24-26-28-30-32-34-36-38-49-51(48,41-45-42(3)40-43(4)46(47)44(45)5)50-39-37-35-33-31-29-27-25-23-21-19-17-15-13-11-9-7-2/h40,47H,6-39,41H2,1-5H3. The quantitative estimate of drug-likeness (QED) is 0.0543. The fourth-order valence-corrected chi connectivity index (χ4v) is 9.43. The van der Waals surface area contributed by atoms with Crippen LogP contribution in [0, 0.1) is 20.8 Å². The average molecular weight is 735 g/mol. The highest BCUT2D eigenvalue weighted by Gasteiger charge is 2.28. The van der Waals surface area contributed by atoms with Crippen LogP contribution in [-0.4, -0.2) is 18.3 Å². The number of phenols is 1. The number of unbranched alkanes of at least 4 members (excludes halogenated alkanes) is 30. The maximum absolute atomic E-state index is 14.1. The largest absolute Gasteiger partial charge is 0.507 e. The van der Waals surface area contributed by atoms with E-state index in [1.807, 2.05) is 26.8 Å². The Bertz CT molecular complexity index is 934. The predicted molar refractivity (Wildman–Crippen MR) is 225 cm³/mol. The van der Waals surface area contributed by atoms with Gasteiger partial charge in [0.25, 0.3) is 0 Å². The number of aryl methyl sites for hydroxylation is 2. The lowest BCUT2D eigenvalue weighted by molar-refractivity contribution is 0.196. The molecule has 1 aromatic rings. The fourth-order valence-electron chi connectivity index (χ4n) is 7.49. The zero-order valence-electron chi connectivity index (χ0n) is 34.9. The van der Waals surface area contributed by atoms with Crippen LogP contribution in [0.5, 0.6) is 5.75 Å². The zero-order valence-corrected chi connectivity index (χ0v) is 35.8. The molecule has 0 aliphatic heterocycles. The summed E-state index contributed by atoms with van der Waals surface area (Å²) in [5.74, 6) is 0.290. The molecule has 0 fully saturated rings. The summed E-state index contributed by atoms with van der Waals surface area (Å²) in [7, 11) is -3.32. The highest BCUT2D eigenvalue weighted by Crippen LogP contribution is 2.53. The molecule has 0 amide bonds. The molecule has 5 heteroatoms. The molecule has 1 rings (SSSR count). The molecule has 0 saturated carbocycles. The number of rotatable bonds is 38. The molecule has 1 N–H and O–H groups in total. The molecule has 4 nitrogen and oxygen atoms in total. The third-order valence-electron chi connectivity index (χ3n) is 11.0. The molecular formula is C46H87O4P. The van der Waals surface area contributed by atoms with Crippen molar-refractivity contribution in [1.29, 1.82) is 0 Å². The van der Waals surface area contributed by atoms with Crippen molar-refractivity contribution < 1.29 is 18.7 Å². The smallest absolute Gasteiger partial charge is 0.335 e. The van der Waals surface area contributed by atoms with Crippen molar-refractivity contribution in [3.8, 4) is 5.75 Å². The van der Waals surface area contributed by atoms with Crippen molar-refractivity contribution in [2.75, 3.05) is 13.2 Å². The van der Waals surface area contributed by atoms with E-state index in [0.717, 1.165) is 47.9 Å². The van der Waals surface area contributed by atoms with Crippen LogP contribution in [0.4, 0.5) is 0 Å². The Kier molecular flexibility index (Phi) is 31.9. The lowest BCUT2D eigenvalue weighted by atomic mass is 10.00. The molecule has 51 heavy (non-hydrogen) atoms. The minimum Gasteiger partial charge on any atom is -0.507 e. The van der Waals surface area contributed by atoms with Crippen LogP contribution in [0.1, 0.15) is 242 Å². The average Bonchev–Trinajstić information content (AvgIpc) is 3.12. The molecule has 300 valence electrons. The number of benzene rings is 1. The molecule has 0 aliphatic carbocycles. The highest BCUT2D eigenvalue weighted by atomic mass is 31.2. The summed E-state index contributed by atoms with van der Waals surface area (Å²) >= 11 is 0. The van der Waals surface area contributed by atoms with Gasteiger partial charge in [0.1, 0.15) is 5.75 Å². The lowest BCUT2D eigenvalue weighted by Crippen LogP contribution is -2.05. The van der Waals surface area contributed by atoms with Gasteiger partial charge in [0.2, 0.25) is 0 Å². The summed E-state index contributed by atoms with van der Waals surface area (Å²) in [6.07, 6.45) is 42.8. The summed E-state index contributed by atoms with van der Waals surface area (Å²) in [6, 6.07) is 1.98. The van der Waals surface area contributed by atoms with Gasteiger partial charge in [-0.1, -0.05) is 213 Å². The van der Waals surface area contributed by atoms with Gasteiger partial charge in [-0.05, 0) is 55.9 Å². The van der Waals surface area contributed by atoms with E-state index in [9.17, 15) is 9.67 Å². The van der Waals surface area contributed by atoms with Crippen LogP contribution in [-0.2, 0) is 19.8 Å². The monoisotopic (exact) mass is 735 g/mol. The normalized spacial score (nSPS) is 11.9. The Morgan fingerprint density at radius 2 is 0.725 bits per heavy atom. The molecule has 0 saturated heterocycles. The van der Waals surface area contributed by atoms with Crippen LogP contribution in [0.2, 0.25) is 0 Å². The van der Waals surface area contributed by atoms with Crippen molar-refractivity contribution in [2.45, 2.75) is 246 Å². The van der Waals surface area contributed by atoms with E-state index in [1.165, 1.54) is 180 Å². The van der Waals surface area contributed by atoms with Gasteiger partial charge in [-0.2, -0.15) is 0 Å². The molecular weight excluding hydrogens is 647 g/mol. The van der Waals surface area contributed by atoms with Crippen molar-refractivity contribution in [2.24, 2.45) is 0 Å². The minimum absolute atomic E-state index is 0.232. The first-order chi connectivity index (χ1) is 24.8. The van der Waals surface area contributed by atoms with Crippen LogP contribution in [0.3, 0.4) is 0 Å². The van der Waals surface area contributed by atoms with Gasteiger partial charge in [-0.15, -0.1) is 0 Å². The first-order valence-corrected chi connectivity index (χ1v) is 24.2. The molecule has 0 bridgehead atoms. The maximum Gasteiger partial charge on any atom is 0.335 e. The predicted octanol–water partition coefficient (Wildman–Crippen LogP) is 16.6. The van der Waals surface area contributed by atoms with Crippen LogP contribution < -0.4 is 0 Å². The van der Waals surface area contributed by atoms with Crippen molar-refractivity contribution >= 4 is 7.60 Å². The van der Waals surface area contributed by atoms with Crippen molar-refractivity contribution in [1.82, 2.24) is 0 Å². The topological polar surface area (TPSA) is 55.8 Å². The van der Waals surface area contributed by atoms with Gasteiger partial charge in [0.05, 0.1) is 19.4 Å². The summed E-state index contributed by atoms with van der Waals surface area (Å²) < 4.78 is 26.3. The number of hydrogen-bond donors (Lipinski definition) is 1. The summed E-state index contributed by atoms with van der Waals surface area (Å²) in [4.78, 5) is 0. The first kappa shape index (κ1) is 48.2. The van der Waals surface area contributed by atoms with E-state index in [0.29, 0.717) is 13.2 Å². The van der Waals surface area contributed by atoms with Crippen LogP contribution in [0.25, 0.3) is 0 Å². The second kappa shape index (κ2) is 33.7. The summed E-state index contributed by atoms with van der Waals surface area (Å²) in [5, 5.41) is 10.6. The molecule has 0 atom stereocenters. The van der Waals surface area contributed by atoms with Crippen LogP contribution >= 0.6 is 7.60 Å². The molecule has 0 aliphatic rings. The molecule has 0 heterocycles.